The molecule has 0 bridgehead atoms. The van der Waals surface area contributed by atoms with Gasteiger partial charge in [0.25, 0.3) is 0 Å². The third-order valence-electron chi connectivity index (χ3n) is 2.99. The van der Waals surface area contributed by atoms with E-state index < -0.39 is 0 Å². The largest absolute Gasteiger partial charge is 0.363 e. The number of fused-ring (bicyclic) bond motifs is 1. The number of carbonyl (C=O) groups is 1. The van der Waals surface area contributed by atoms with E-state index in [0.29, 0.717) is 11.4 Å². The first-order valence-corrected chi connectivity index (χ1v) is 6.14. The van der Waals surface area contributed by atoms with Gasteiger partial charge in [-0.3, -0.25) is 4.79 Å². The molecule has 0 fully saturated rings. The molecule has 0 saturated heterocycles. The molecule has 0 radical (unpaired) electrons. The number of aromatic nitrogens is 1. The van der Waals surface area contributed by atoms with E-state index in [0.717, 1.165) is 30.3 Å². The molecule has 0 aliphatic carbocycles. The molecule has 0 saturated carbocycles. The number of carbonyl (C=O) groups excluding carboxylic acids is 1. The number of hydrogen-bond acceptors (Lipinski definition) is 2. The van der Waals surface area contributed by atoms with Gasteiger partial charge in [-0.1, -0.05) is 18.2 Å². The highest BCUT2D eigenvalue weighted by molar-refractivity contribution is 6.01. The monoisotopic (exact) mass is 243 g/mol. The van der Waals surface area contributed by atoms with Crippen LogP contribution in [-0.2, 0) is 0 Å². The summed E-state index contributed by atoms with van der Waals surface area (Å²) in [5, 5.41) is 0.975. The highest BCUT2D eigenvalue weighted by atomic mass is 16.1. The lowest BCUT2D eigenvalue weighted by molar-refractivity contribution is 0.112. The van der Waals surface area contributed by atoms with E-state index in [9.17, 15) is 4.79 Å². The molecule has 0 spiro atoms. The van der Waals surface area contributed by atoms with Crippen LogP contribution in [0, 0.1) is 0 Å². The van der Waals surface area contributed by atoms with Crippen LogP contribution >= 0.6 is 0 Å². The molecule has 4 heteroatoms. The first-order valence-electron chi connectivity index (χ1n) is 6.14. The summed E-state index contributed by atoms with van der Waals surface area (Å²) in [6, 6.07) is 7.79. The summed E-state index contributed by atoms with van der Waals surface area (Å²) in [6.45, 7) is 5.95. The zero-order valence-corrected chi connectivity index (χ0v) is 10.7. The quantitative estimate of drug-likeness (QED) is 0.498. The Bertz CT molecular complexity index is 567. The lowest BCUT2D eigenvalue weighted by Gasteiger charge is -2.13. The van der Waals surface area contributed by atoms with Crippen molar-refractivity contribution < 1.29 is 4.79 Å². The maximum Gasteiger partial charge on any atom is 0.168 e. The van der Waals surface area contributed by atoms with Gasteiger partial charge in [0.15, 0.2) is 6.29 Å². The van der Waals surface area contributed by atoms with Gasteiger partial charge in [0.05, 0.1) is 6.34 Å². The molecule has 0 aliphatic rings. The topological polar surface area (TPSA) is 48.5 Å². The number of aldehydes is 1. The number of para-hydroxylation sites is 1. The molecular weight excluding hydrogens is 226 g/mol. The van der Waals surface area contributed by atoms with Crippen molar-refractivity contribution in [3.8, 4) is 0 Å². The van der Waals surface area contributed by atoms with Gasteiger partial charge in [0.1, 0.15) is 11.4 Å². The molecule has 18 heavy (non-hydrogen) atoms. The Morgan fingerprint density at radius 1 is 1.28 bits per heavy atom. The van der Waals surface area contributed by atoms with Crippen LogP contribution in [0.4, 0.5) is 5.69 Å². The lowest BCUT2D eigenvalue weighted by Crippen LogP contribution is -2.20. The van der Waals surface area contributed by atoms with Crippen molar-refractivity contribution in [3.05, 3.63) is 30.0 Å². The van der Waals surface area contributed by atoms with Crippen LogP contribution in [0.5, 0.6) is 0 Å². The average Bonchev–Trinajstić information content (AvgIpc) is 2.78. The van der Waals surface area contributed by atoms with Crippen LogP contribution in [-0.4, -0.2) is 35.6 Å². The van der Waals surface area contributed by atoms with Gasteiger partial charge in [-0.05, 0) is 19.9 Å². The number of H-pyrrole nitrogens is 1. The minimum Gasteiger partial charge on any atom is -0.363 e. The Balaban J connectivity index is 2.45. The van der Waals surface area contributed by atoms with Crippen molar-refractivity contribution in [2.45, 2.75) is 13.8 Å². The van der Waals surface area contributed by atoms with E-state index in [-0.39, 0.29) is 0 Å². The number of rotatable bonds is 5. The Morgan fingerprint density at radius 3 is 2.67 bits per heavy atom. The highest BCUT2D eigenvalue weighted by Gasteiger charge is 2.08. The fourth-order valence-corrected chi connectivity index (χ4v) is 1.90. The first-order chi connectivity index (χ1) is 8.80. The smallest absolute Gasteiger partial charge is 0.168 e. The second-order valence-corrected chi connectivity index (χ2v) is 4.02. The third kappa shape index (κ3) is 2.27. The molecule has 2 aromatic rings. The standard InChI is InChI=1S/C14H17N3O/c1-3-17(4-2)10-15-14-11-7-5-6-8-12(11)16-13(14)9-18/h5-10,16H,3-4H2,1-2H3. The molecule has 0 unspecified atom stereocenters. The predicted molar refractivity (Wildman–Crippen MR) is 74.8 cm³/mol. The van der Waals surface area contributed by atoms with Crippen molar-refractivity contribution in [3.63, 3.8) is 0 Å². The Kier molecular flexibility index (Phi) is 3.77. The van der Waals surface area contributed by atoms with Crippen LogP contribution in [0.1, 0.15) is 24.3 Å². The second-order valence-electron chi connectivity index (χ2n) is 4.02. The Morgan fingerprint density at radius 2 is 2.00 bits per heavy atom. The molecule has 1 N–H and O–H groups in total. The van der Waals surface area contributed by atoms with Crippen LogP contribution in [0.3, 0.4) is 0 Å². The molecule has 0 amide bonds. The van der Waals surface area contributed by atoms with E-state index in [1.54, 1.807) is 6.34 Å². The maximum atomic E-state index is 11.1. The summed E-state index contributed by atoms with van der Waals surface area (Å²) < 4.78 is 0. The van der Waals surface area contributed by atoms with Gasteiger partial charge in [-0.2, -0.15) is 0 Å². The zero-order valence-electron chi connectivity index (χ0n) is 10.7. The van der Waals surface area contributed by atoms with E-state index in [1.165, 1.54) is 0 Å². The minimum atomic E-state index is 0.527. The first kappa shape index (κ1) is 12.4. The van der Waals surface area contributed by atoms with Crippen LogP contribution < -0.4 is 0 Å². The Labute approximate surface area is 106 Å². The summed E-state index contributed by atoms with van der Waals surface area (Å²) in [5.41, 5.74) is 2.18. The Hall–Kier alpha value is -2.10. The molecule has 0 atom stereocenters. The van der Waals surface area contributed by atoms with Crippen molar-refractivity contribution in [1.29, 1.82) is 0 Å². The summed E-state index contributed by atoms with van der Waals surface area (Å²) in [7, 11) is 0. The summed E-state index contributed by atoms with van der Waals surface area (Å²) in [4.78, 5) is 20.7. The normalized spacial score (nSPS) is 11.2. The molecule has 2 rings (SSSR count). The summed E-state index contributed by atoms with van der Waals surface area (Å²) >= 11 is 0. The van der Waals surface area contributed by atoms with Crippen molar-refractivity contribution in [2.75, 3.05) is 13.1 Å². The van der Waals surface area contributed by atoms with Gasteiger partial charge in [0.2, 0.25) is 0 Å². The third-order valence-corrected chi connectivity index (χ3v) is 2.99. The molecule has 1 heterocycles. The van der Waals surface area contributed by atoms with E-state index in [4.69, 9.17) is 0 Å². The summed E-state index contributed by atoms with van der Waals surface area (Å²) in [5.74, 6) is 0. The second kappa shape index (κ2) is 5.49. The number of benzene rings is 1. The highest BCUT2D eigenvalue weighted by Crippen LogP contribution is 2.28. The number of aromatic amines is 1. The van der Waals surface area contributed by atoms with E-state index in [1.807, 2.05) is 24.3 Å². The van der Waals surface area contributed by atoms with E-state index in [2.05, 4.69) is 28.7 Å². The fourth-order valence-electron chi connectivity index (χ4n) is 1.90. The number of aliphatic imine (C=N–C) groups is 1. The number of nitrogens with zero attached hydrogens (tertiary/aromatic N) is 2. The van der Waals surface area contributed by atoms with Crippen molar-refractivity contribution in [2.24, 2.45) is 4.99 Å². The summed E-state index contributed by atoms with van der Waals surface area (Å²) in [6.07, 6.45) is 2.61. The van der Waals surface area contributed by atoms with Crippen molar-refractivity contribution >= 4 is 29.2 Å². The van der Waals surface area contributed by atoms with E-state index >= 15 is 0 Å². The number of nitrogens with one attached hydrogen (secondary N) is 1. The fraction of sp³-hybridized carbons (Fsp3) is 0.286. The van der Waals surface area contributed by atoms with Crippen LogP contribution in [0.2, 0.25) is 0 Å². The molecular formula is C14H17N3O. The van der Waals surface area contributed by atoms with Gasteiger partial charge < -0.3 is 9.88 Å². The molecule has 0 aliphatic heterocycles. The molecule has 1 aromatic heterocycles. The molecule has 94 valence electrons. The maximum absolute atomic E-state index is 11.1. The van der Waals surface area contributed by atoms with Gasteiger partial charge in [-0.15, -0.1) is 0 Å². The van der Waals surface area contributed by atoms with Crippen LogP contribution in [0.25, 0.3) is 10.9 Å². The zero-order chi connectivity index (χ0) is 13.0. The molecule has 1 aromatic carbocycles. The van der Waals surface area contributed by atoms with Crippen molar-refractivity contribution in [1.82, 2.24) is 9.88 Å². The van der Waals surface area contributed by atoms with Gasteiger partial charge in [-0.25, -0.2) is 4.99 Å². The lowest BCUT2D eigenvalue weighted by atomic mass is 10.2. The minimum absolute atomic E-state index is 0.527. The number of hydrogen-bond donors (Lipinski definition) is 1. The van der Waals surface area contributed by atoms with Gasteiger partial charge >= 0.3 is 0 Å². The average molecular weight is 243 g/mol. The van der Waals surface area contributed by atoms with Crippen LogP contribution in [0.15, 0.2) is 29.3 Å². The SMILES string of the molecule is CCN(C=Nc1c(C=O)[nH]c2ccccc12)CC. The molecule has 4 nitrogen and oxygen atoms in total. The van der Waals surface area contributed by atoms with Gasteiger partial charge in [0, 0.05) is 24.0 Å². The predicted octanol–water partition coefficient (Wildman–Crippen LogP) is 2.98.